The molecule has 2 aromatic rings. The van der Waals surface area contributed by atoms with Crippen LogP contribution in [0.5, 0.6) is 5.75 Å². The summed E-state index contributed by atoms with van der Waals surface area (Å²) in [4.78, 5) is 0. The molecule has 0 radical (unpaired) electrons. The van der Waals surface area contributed by atoms with Crippen LogP contribution < -0.4 is 10.5 Å². The van der Waals surface area contributed by atoms with Crippen LogP contribution in [0.2, 0.25) is 0 Å². The lowest BCUT2D eigenvalue weighted by Crippen LogP contribution is -2.05. The Hall–Kier alpha value is -1.81. The lowest BCUT2D eigenvalue weighted by atomic mass is 10.1. The number of rotatable bonds is 3. The van der Waals surface area contributed by atoms with E-state index in [-0.39, 0.29) is 0 Å². The Kier molecular flexibility index (Phi) is 2.92. The molecule has 0 aliphatic heterocycles. The zero-order valence-corrected chi connectivity index (χ0v) is 9.47. The normalized spacial score (nSPS) is 10.4. The predicted octanol–water partition coefficient (Wildman–Crippen LogP) is 1.65. The highest BCUT2D eigenvalue weighted by Crippen LogP contribution is 2.20. The second kappa shape index (κ2) is 4.37. The van der Waals surface area contributed by atoms with Crippen molar-refractivity contribution in [3.05, 3.63) is 41.7 Å². The van der Waals surface area contributed by atoms with Crippen molar-refractivity contribution < 1.29 is 4.74 Å². The highest BCUT2D eigenvalue weighted by molar-refractivity contribution is 5.46. The minimum atomic E-state index is 0.484. The molecule has 0 bridgehead atoms. The topological polar surface area (TPSA) is 53.1 Å². The maximum absolute atomic E-state index is 5.70. The molecule has 2 rings (SSSR count). The van der Waals surface area contributed by atoms with Crippen molar-refractivity contribution in [2.24, 2.45) is 5.73 Å². The predicted molar refractivity (Wildman–Crippen MR) is 62.7 cm³/mol. The third kappa shape index (κ3) is 1.92. The number of nitrogens with two attached hydrogens (primary N) is 1. The monoisotopic (exact) mass is 217 g/mol. The summed E-state index contributed by atoms with van der Waals surface area (Å²) in [6, 6.07) is 7.77. The van der Waals surface area contributed by atoms with E-state index in [0.717, 1.165) is 22.7 Å². The molecule has 0 amide bonds. The molecule has 16 heavy (non-hydrogen) atoms. The van der Waals surface area contributed by atoms with E-state index in [1.165, 1.54) is 0 Å². The van der Waals surface area contributed by atoms with E-state index in [2.05, 4.69) is 5.10 Å². The van der Waals surface area contributed by atoms with Crippen molar-refractivity contribution in [1.29, 1.82) is 0 Å². The third-order valence-corrected chi connectivity index (χ3v) is 2.48. The smallest absolute Gasteiger partial charge is 0.121 e. The first kappa shape index (κ1) is 10.7. The summed E-state index contributed by atoms with van der Waals surface area (Å²) >= 11 is 0. The molecule has 0 atom stereocenters. The Morgan fingerprint density at radius 1 is 1.38 bits per heavy atom. The summed E-state index contributed by atoms with van der Waals surface area (Å²) in [5.41, 5.74) is 8.69. The van der Waals surface area contributed by atoms with E-state index < -0.39 is 0 Å². The van der Waals surface area contributed by atoms with E-state index in [1.807, 2.05) is 42.1 Å². The summed E-state index contributed by atoms with van der Waals surface area (Å²) in [6.45, 7) is 2.44. The van der Waals surface area contributed by atoms with Crippen LogP contribution in [0.3, 0.4) is 0 Å². The standard InChI is InChI=1S/C12H15N3O/c1-9-5-6-15(14-9)12-7-11(16-2)4-3-10(12)8-13/h3-7H,8,13H2,1-2H3. The van der Waals surface area contributed by atoms with Gasteiger partial charge >= 0.3 is 0 Å². The quantitative estimate of drug-likeness (QED) is 0.850. The fourth-order valence-corrected chi connectivity index (χ4v) is 1.61. The maximum atomic E-state index is 5.70. The Labute approximate surface area is 94.6 Å². The van der Waals surface area contributed by atoms with Gasteiger partial charge in [0.05, 0.1) is 18.5 Å². The molecule has 4 nitrogen and oxygen atoms in total. The van der Waals surface area contributed by atoms with Gasteiger partial charge in [-0.25, -0.2) is 4.68 Å². The summed E-state index contributed by atoms with van der Waals surface area (Å²) < 4.78 is 7.02. The Morgan fingerprint density at radius 3 is 2.75 bits per heavy atom. The highest BCUT2D eigenvalue weighted by atomic mass is 16.5. The van der Waals surface area contributed by atoms with Gasteiger partial charge in [-0.1, -0.05) is 6.07 Å². The molecular weight excluding hydrogens is 202 g/mol. The molecule has 1 aromatic carbocycles. The van der Waals surface area contributed by atoms with Crippen LogP contribution in [0.4, 0.5) is 0 Å². The van der Waals surface area contributed by atoms with Gasteiger partial charge in [0.2, 0.25) is 0 Å². The first-order chi connectivity index (χ1) is 7.74. The molecule has 0 unspecified atom stereocenters. The van der Waals surface area contributed by atoms with Crippen molar-refractivity contribution >= 4 is 0 Å². The number of benzene rings is 1. The van der Waals surface area contributed by atoms with Crippen LogP contribution in [0.25, 0.3) is 5.69 Å². The zero-order valence-electron chi connectivity index (χ0n) is 9.47. The van der Waals surface area contributed by atoms with E-state index in [4.69, 9.17) is 10.5 Å². The average Bonchev–Trinajstić information content (AvgIpc) is 2.75. The molecule has 0 saturated carbocycles. The average molecular weight is 217 g/mol. The van der Waals surface area contributed by atoms with Crippen molar-refractivity contribution in [2.75, 3.05) is 7.11 Å². The van der Waals surface area contributed by atoms with Gasteiger partial charge in [0.15, 0.2) is 0 Å². The van der Waals surface area contributed by atoms with Gasteiger partial charge in [-0.2, -0.15) is 5.10 Å². The van der Waals surface area contributed by atoms with Crippen LogP contribution in [0.15, 0.2) is 30.5 Å². The Morgan fingerprint density at radius 2 is 2.19 bits per heavy atom. The molecule has 84 valence electrons. The molecule has 1 aromatic heterocycles. The summed E-state index contributed by atoms with van der Waals surface area (Å²) in [5.74, 6) is 0.806. The zero-order chi connectivity index (χ0) is 11.5. The van der Waals surface area contributed by atoms with Crippen LogP contribution >= 0.6 is 0 Å². The fraction of sp³-hybridized carbons (Fsp3) is 0.250. The van der Waals surface area contributed by atoms with Crippen LogP contribution in [0, 0.1) is 6.92 Å². The van der Waals surface area contributed by atoms with Gasteiger partial charge in [-0.05, 0) is 24.6 Å². The lowest BCUT2D eigenvalue weighted by Gasteiger charge is -2.09. The molecule has 1 heterocycles. The minimum Gasteiger partial charge on any atom is -0.497 e. The van der Waals surface area contributed by atoms with Gasteiger partial charge in [0.1, 0.15) is 5.75 Å². The van der Waals surface area contributed by atoms with Gasteiger partial charge in [-0.15, -0.1) is 0 Å². The molecule has 4 heteroatoms. The van der Waals surface area contributed by atoms with Crippen LogP contribution in [-0.4, -0.2) is 16.9 Å². The molecular formula is C12H15N3O. The third-order valence-electron chi connectivity index (χ3n) is 2.48. The van der Waals surface area contributed by atoms with Gasteiger partial charge < -0.3 is 10.5 Å². The number of aryl methyl sites for hydroxylation is 1. The highest BCUT2D eigenvalue weighted by Gasteiger charge is 2.06. The second-order valence-electron chi connectivity index (χ2n) is 3.60. The molecule has 0 aliphatic carbocycles. The van der Waals surface area contributed by atoms with Gasteiger partial charge in [-0.3, -0.25) is 0 Å². The second-order valence-corrected chi connectivity index (χ2v) is 3.60. The van der Waals surface area contributed by atoms with Crippen molar-refractivity contribution in [3.63, 3.8) is 0 Å². The van der Waals surface area contributed by atoms with E-state index in [9.17, 15) is 0 Å². The van der Waals surface area contributed by atoms with Crippen molar-refractivity contribution in [3.8, 4) is 11.4 Å². The van der Waals surface area contributed by atoms with E-state index in [0.29, 0.717) is 6.54 Å². The molecule has 0 saturated heterocycles. The van der Waals surface area contributed by atoms with Crippen LogP contribution in [0.1, 0.15) is 11.3 Å². The molecule has 2 N–H and O–H groups in total. The summed E-state index contributed by atoms with van der Waals surface area (Å²) in [5, 5.41) is 4.37. The van der Waals surface area contributed by atoms with Crippen LogP contribution in [-0.2, 0) is 6.54 Å². The number of ether oxygens (including phenoxy) is 1. The SMILES string of the molecule is COc1ccc(CN)c(-n2ccc(C)n2)c1. The summed E-state index contributed by atoms with van der Waals surface area (Å²) in [6.07, 6.45) is 1.92. The number of hydrogen-bond acceptors (Lipinski definition) is 3. The number of aromatic nitrogens is 2. The summed E-state index contributed by atoms with van der Waals surface area (Å²) in [7, 11) is 1.65. The number of nitrogens with zero attached hydrogens (tertiary/aromatic N) is 2. The first-order valence-electron chi connectivity index (χ1n) is 5.14. The Bertz CT molecular complexity index is 491. The first-order valence-corrected chi connectivity index (χ1v) is 5.14. The molecule has 0 fully saturated rings. The van der Waals surface area contributed by atoms with Gasteiger partial charge in [0.25, 0.3) is 0 Å². The van der Waals surface area contributed by atoms with Gasteiger partial charge in [0, 0.05) is 18.8 Å². The minimum absolute atomic E-state index is 0.484. The largest absolute Gasteiger partial charge is 0.497 e. The molecule has 0 aliphatic rings. The van der Waals surface area contributed by atoms with E-state index in [1.54, 1.807) is 7.11 Å². The maximum Gasteiger partial charge on any atom is 0.121 e. The van der Waals surface area contributed by atoms with Crippen molar-refractivity contribution in [1.82, 2.24) is 9.78 Å². The number of hydrogen-bond donors (Lipinski definition) is 1. The van der Waals surface area contributed by atoms with Crippen molar-refractivity contribution in [2.45, 2.75) is 13.5 Å². The molecule has 0 spiro atoms. The lowest BCUT2D eigenvalue weighted by molar-refractivity contribution is 0.414. The number of methoxy groups -OCH3 is 1. The Balaban J connectivity index is 2.52. The van der Waals surface area contributed by atoms with E-state index >= 15 is 0 Å². The fourth-order valence-electron chi connectivity index (χ4n) is 1.61.